The number of aliphatic hydroxyl groups is 1. The first-order valence-electron chi connectivity index (χ1n) is 3.37. The maximum absolute atomic E-state index is 9.07. The van der Waals surface area contributed by atoms with Gasteiger partial charge in [-0.3, -0.25) is 0 Å². The van der Waals surface area contributed by atoms with Crippen molar-refractivity contribution in [1.82, 2.24) is 0 Å². The molecule has 0 amide bonds. The highest BCUT2D eigenvalue weighted by Crippen LogP contribution is 2.13. The monoisotopic (exact) mass is 138 g/mol. The quantitative estimate of drug-likeness (QED) is 0.593. The molecule has 1 aromatic rings. The summed E-state index contributed by atoms with van der Waals surface area (Å²) in [5.41, 5.74) is 6.63. The van der Waals surface area contributed by atoms with E-state index >= 15 is 0 Å². The predicted octanol–water partition coefficient (Wildman–Crippen LogP) is 0.786. The number of hydrogen-bond donors (Lipinski definition) is 2. The first-order valence-corrected chi connectivity index (χ1v) is 3.37. The van der Waals surface area contributed by atoms with Gasteiger partial charge in [-0.15, -0.1) is 5.56 Å². The third-order valence-corrected chi connectivity index (χ3v) is 1.59. The van der Waals surface area contributed by atoms with Gasteiger partial charge in [0.25, 0.3) is 0 Å². The van der Waals surface area contributed by atoms with E-state index in [2.05, 4.69) is 0 Å². The van der Waals surface area contributed by atoms with Crippen LogP contribution in [-0.2, 0) is 0 Å². The van der Waals surface area contributed by atoms with Crippen molar-refractivity contribution in [3.05, 3.63) is 29.8 Å². The average molecular weight is 138 g/mol. The highest BCUT2D eigenvalue weighted by atomic mass is 16.3. The molecule has 2 heteroatoms. The van der Waals surface area contributed by atoms with Crippen molar-refractivity contribution in [3.8, 4) is 0 Å². The maximum atomic E-state index is 9.07. The third kappa shape index (κ3) is 1.40. The average Bonchev–Trinajstić information content (AvgIpc) is 2.36. The molecule has 0 heterocycles. The highest BCUT2D eigenvalue weighted by molar-refractivity contribution is 5.20. The van der Waals surface area contributed by atoms with E-state index in [9.17, 15) is 0 Å². The smallest absolute Gasteiger partial charge is 0.0684 e. The highest BCUT2D eigenvalue weighted by Gasteiger charge is 2.06. The summed E-state index contributed by atoms with van der Waals surface area (Å²) in [4.78, 5) is 0. The van der Waals surface area contributed by atoms with E-state index in [1.165, 1.54) is 0 Å². The summed E-state index contributed by atoms with van der Waals surface area (Å²) in [6, 6.07) is 7.42. The van der Waals surface area contributed by atoms with Crippen molar-refractivity contribution in [2.24, 2.45) is 5.73 Å². The van der Waals surface area contributed by atoms with Crippen molar-refractivity contribution in [2.45, 2.75) is 19.1 Å². The molecule has 10 heavy (non-hydrogen) atoms. The number of hydrogen-bond acceptors (Lipinski definition) is 2. The van der Waals surface area contributed by atoms with Gasteiger partial charge in [0.1, 0.15) is 0 Å². The van der Waals surface area contributed by atoms with E-state index in [1.54, 1.807) is 6.92 Å². The van der Waals surface area contributed by atoms with Crippen LogP contribution in [0.4, 0.5) is 0 Å². The predicted molar refractivity (Wildman–Crippen MR) is 40.6 cm³/mol. The Labute approximate surface area is 60.6 Å². The van der Waals surface area contributed by atoms with E-state index < -0.39 is 6.10 Å². The second-order valence-corrected chi connectivity index (χ2v) is 2.48. The van der Waals surface area contributed by atoms with Gasteiger partial charge in [-0.25, -0.2) is 12.1 Å². The lowest BCUT2D eigenvalue weighted by Crippen LogP contribution is -2.22. The van der Waals surface area contributed by atoms with E-state index in [-0.39, 0.29) is 6.04 Å². The summed E-state index contributed by atoms with van der Waals surface area (Å²) < 4.78 is 0. The van der Waals surface area contributed by atoms with Crippen LogP contribution >= 0.6 is 0 Å². The summed E-state index contributed by atoms with van der Waals surface area (Å²) >= 11 is 0. The number of nitrogens with two attached hydrogens (primary N) is 1. The molecule has 3 N–H and O–H groups in total. The van der Waals surface area contributed by atoms with E-state index in [4.69, 9.17) is 10.8 Å². The van der Waals surface area contributed by atoms with Crippen molar-refractivity contribution in [1.29, 1.82) is 0 Å². The Kier molecular flexibility index (Phi) is 2.14. The van der Waals surface area contributed by atoms with Crippen LogP contribution < -0.4 is 5.73 Å². The van der Waals surface area contributed by atoms with Crippen LogP contribution in [0.15, 0.2) is 24.3 Å². The molecule has 56 valence electrons. The van der Waals surface area contributed by atoms with Gasteiger partial charge in [0.2, 0.25) is 0 Å². The molecule has 0 spiro atoms. The standard InChI is InChI=1S/C8H12NO/c1-6(10)8(9)7-4-2-3-5-7/h2-6,8,10H,9H2,1H3/q-1/t6-,8+/m1/s1. The molecule has 0 aliphatic rings. The lowest BCUT2D eigenvalue weighted by Gasteiger charge is -2.16. The lowest BCUT2D eigenvalue weighted by molar-refractivity contribution is 0.164. The van der Waals surface area contributed by atoms with Crippen molar-refractivity contribution in [3.63, 3.8) is 0 Å². The second-order valence-electron chi connectivity index (χ2n) is 2.48. The fraction of sp³-hybridized carbons (Fsp3) is 0.375. The van der Waals surface area contributed by atoms with Crippen LogP contribution in [0.25, 0.3) is 0 Å². The van der Waals surface area contributed by atoms with Crippen LogP contribution in [0.3, 0.4) is 0 Å². The van der Waals surface area contributed by atoms with Gasteiger partial charge >= 0.3 is 0 Å². The first kappa shape index (κ1) is 7.38. The van der Waals surface area contributed by atoms with Crippen molar-refractivity contribution < 1.29 is 5.11 Å². The van der Waals surface area contributed by atoms with Crippen LogP contribution in [-0.4, -0.2) is 11.2 Å². The molecule has 2 nitrogen and oxygen atoms in total. The molecular weight excluding hydrogens is 126 g/mol. The molecule has 0 aliphatic carbocycles. The summed E-state index contributed by atoms with van der Waals surface area (Å²) in [6.07, 6.45) is -0.470. The zero-order chi connectivity index (χ0) is 7.56. The SMILES string of the molecule is C[C@@H](O)[C@H](N)c1ccc[cH-]1. The molecule has 1 aromatic carbocycles. The molecule has 0 radical (unpaired) electrons. The normalized spacial score (nSPS) is 16.7. The van der Waals surface area contributed by atoms with Gasteiger partial charge in [-0.2, -0.15) is 12.1 Å². The van der Waals surface area contributed by atoms with Gasteiger partial charge in [0, 0.05) is 6.04 Å². The van der Waals surface area contributed by atoms with Gasteiger partial charge in [-0.1, -0.05) is 0 Å². The molecule has 0 aromatic heterocycles. The molecule has 0 saturated heterocycles. The third-order valence-electron chi connectivity index (χ3n) is 1.59. The molecule has 2 atom stereocenters. The molecule has 0 unspecified atom stereocenters. The van der Waals surface area contributed by atoms with E-state index in [1.807, 2.05) is 24.3 Å². The minimum absolute atomic E-state index is 0.241. The molecule has 0 aliphatic heterocycles. The van der Waals surface area contributed by atoms with E-state index in [0.717, 1.165) is 5.56 Å². The Balaban J connectivity index is 2.68. The minimum Gasteiger partial charge on any atom is -0.392 e. The molecule has 0 fully saturated rings. The zero-order valence-electron chi connectivity index (χ0n) is 5.99. The Morgan fingerprint density at radius 3 is 2.80 bits per heavy atom. The fourth-order valence-corrected chi connectivity index (χ4v) is 0.890. The van der Waals surface area contributed by atoms with Crippen LogP contribution in [0.5, 0.6) is 0 Å². The van der Waals surface area contributed by atoms with Crippen LogP contribution in [0.2, 0.25) is 0 Å². The van der Waals surface area contributed by atoms with Gasteiger partial charge < -0.3 is 10.8 Å². The van der Waals surface area contributed by atoms with Crippen molar-refractivity contribution >= 4 is 0 Å². The Bertz CT molecular complexity index is 179. The summed E-state index contributed by atoms with van der Waals surface area (Å²) in [7, 11) is 0. The van der Waals surface area contributed by atoms with E-state index in [0.29, 0.717) is 0 Å². The van der Waals surface area contributed by atoms with Crippen LogP contribution in [0, 0.1) is 0 Å². The summed E-state index contributed by atoms with van der Waals surface area (Å²) in [6.45, 7) is 1.69. The zero-order valence-corrected chi connectivity index (χ0v) is 5.99. The fourth-order valence-electron chi connectivity index (χ4n) is 0.890. The molecule has 1 rings (SSSR count). The minimum atomic E-state index is -0.470. The Morgan fingerprint density at radius 2 is 2.40 bits per heavy atom. The van der Waals surface area contributed by atoms with Gasteiger partial charge in [0.15, 0.2) is 0 Å². The summed E-state index contributed by atoms with van der Waals surface area (Å²) in [5, 5.41) is 9.07. The molecular formula is C8H12NO-. The second kappa shape index (κ2) is 2.90. The van der Waals surface area contributed by atoms with Gasteiger partial charge in [-0.05, 0) is 6.92 Å². The maximum Gasteiger partial charge on any atom is 0.0684 e. The topological polar surface area (TPSA) is 46.2 Å². The van der Waals surface area contributed by atoms with Crippen molar-refractivity contribution in [2.75, 3.05) is 0 Å². The van der Waals surface area contributed by atoms with Gasteiger partial charge in [0.05, 0.1) is 6.10 Å². The first-order chi connectivity index (χ1) is 4.72. The largest absolute Gasteiger partial charge is 0.392 e. The Morgan fingerprint density at radius 1 is 1.70 bits per heavy atom. The number of rotatable bonds is 2. The molecule has 0 saturated carbocycles. The number of aliphatic hydroxyl groups excluding tert-OH is 1. The summed E-state index contributed by atoms with van der Waals surface area (Å²) in [5.74, 6) is 0. The Hall–Kier alpha value is -0.730. The van der Waals surface area contributed by atoms with Crippen LogP contribution in [0.1, 0.15) is 18.5 Å². The lowest BCUT2D eigenvalue weighted by atomic mass is 10.1. The molecule has 0 bridgehead atoms.